The van der Waals surface area contributed by atoms with E-state index in [2.05, 4.69) is 12.2 Å². The number of nitrogens with one attached hydrogen (secondary N) is 1. The van der Waals surface area contributed by atoms with Crippen molar-refractivity contribution in [3.05, 3.63) is 29.6 Å². The summed E-state index contributed by atoms with van der Waals surface area (Å²) in [4.78, 5) is 0. The maximum absolute atomic E-state index is 13.1. The quantitative estimate of drug-likeness (QED) is 0.737. The van der Waals surface area contributed by atoms with Gasteiger partial charge in [0.1, 0.15) is 17.7 Å². The Morgan fingerprint density at radius 1 is 1.41 bits per heavy atom. The number of benzene rings is 1. The van der Waals surface area contributed by atoms with Crippen molar-refractivity contribution in [1.82, 2.24) is 5.32 Å². The normalized spacial score (nSPS) is 12.5. The molecule has 0 heterocycles. The molecular formula is C14H22FNO. The minimum Gasteiger partial charge on any atom is -0.489 e. The van der Waals surface area contributed by atoms with E-state index in [0.717, 1.165) is 18.7 Å². The summed E-state index contributed by atoms with van der Waals surface area (Å²) in [6.07, 6.45) is 2.41. The van der Waals surface area contributed by atoms with Gasteiger partial charge in [-0.3, -0.25) is 0 Å². The largest absolute Gasteiger partial charge is 0.489 e. The average molecular weight is 239 g/mol. The van der Waals surface area contributed by atoms with Crippen LogP contribution in [0.25, 0.3) is 0 Å². The van der Waals surface area contributed by atoms with Crippen molar-refractivity contribution in [2.75, 3.05) is 13.1 Å². The third-order valence-electron chi connectivity index (χ3n) is 2.62. The molecule has 1 atom stereocenters. The van der Waals surface area contributed by atoms with Crippen LogP contribution < -0.4 is 10.1 Å². The van der Waals surface area contributed by atoms with Gasteiger partial charge in [-0.15, -0.1) is 0 Å². The van der Waals surface area contributed by atoms with Crippen molar-refractivity contribution < 1.29 is 9.13 Å². The zero-order valence-electron chi connectivity index (χ0n) is 10.9. The van der Waals surface area contributed by atoms with E-state index in [1.54, 1.807) is 6.07 Å². The Labute approximate surface area is 103 Å². The van der Waals surface area contributed by atoms with Crippen molar-refractivity contribution in [2.24, 2.45) is 0 Å². The molecule has 1 N–H and O–H groups in total. The van der Waals surface area contributed by atoms with Crippen LogP contribution in [0.1, 0.15) is 32.3 Å². The van der Waals surface area contributed by atoms with Gasteiger partial charge >= 0.3 is 0 Å². The molecule has 17 heavy (non-hydrogen) atoms. The van der Waals surface area contributed by atoms with Crippen LogP contribution in [-0.4, -0.2) is 19.2 Å². The van der Waals surface area contributed by atoms with Crippen molar-refractivity contribution in [3.8, 4) is 5.75 Å². The first kappa shape index (κ1) is 14.0. The fraction of sp³-hybridized carbons (Fsp3) is 0.571. The molecule has 1 aromatic carbocycles. The van der Waals surface area contributed by atoms with Crippen molar-refractivity contribution in [2.45, 2.75) is 39.7 Å². The summed E-state index contributed by atoms with van der Waals surface area (Å²) in [7, 11) is 0. The fourth-order valence-corrected chi connectivity index (χ4v) is 1.57. The van der Waals surface area contributed by atoms with E-state index in [1.165, 1.54) is 25.0 Å². The van der Waals surface area contributed by atoms with Gasteiger partial charge in [-0.25, -0.2) is 4.39 Å². The summed E-state index contributed by atoms with van der Waals surface area (Å²) in [5.74, 6) is 0.381. The zero-order valence-corrected chi connectivity index (χ0v) is 10.9. The molecule has 0 bridgehead atoms. The van der Waals surface area contributed by atoms with Gasteiger partial charge in [0.25, 0.3) is 0 Å². The van der Waals surface area contributed by atoms with Gasteiger partial charge in [-0.1, -0.05) is 19.4 Å². The lowest BCUT2D eigenvalue weighted by molar-refractivity contribution is 0.215. The van der Waals surface area contributed by atoms with Crippen LogP contribution in [0.3, 0.4) is 0 Å². The van der Waals surface area contributed by atoms with Gasteiger partial charge in [-0.05, 0) is 38.4 Å². The van der Waals surface area contributed by atoms with Crippen LogP contribution in [0.2, 0.25) is 0 Å². The maximum atomic E-state index is 13.1. The van der Waals surface area contributed by atoms with Crippen LogP contribution in [0.5, 0.6) is 5.75 Å². The maximum Gasteiger partial charge on any atom is 0.126 e. The predicted octanol–water partition coefficient (Wildman–Crippen LogP) is 3.29. The fourth-order valence-electron chi connectivity index (χ4n) is 1.57. The second-order valence-corrected chi connectivity index (χ2v) is 4.40. The number of aryl methyl sites for hydroxylation is 1. The van der Waals surface area contributed by atoms with Crippen LogP contribution in [0.15, 0.2) is 18.2 Å². The van der Waals surface area contributed by atoms with Crippen molar-refractivity contribution in [3.63, 3.8) is 0 Å². The van der Waals surface area contributed by atoms with E-state index in [-0.39, 0.29) is 11.9 Å². The Balaban J connectivity index is 2.39. The topological polar surface area (TPSA) is 21.3 Å². The molecule has 0 aliphatic carbocycles. The Hall–Kier alpha value is -1.09. The Morgan fingerprint density at radius 2 is 2.18 bits per heavy atom. The molecule has 0 saturated heterocycles. The average Bonchev–Trinajstić information content (AvgIpc) is 2.29. The van der Waals surface area contributed by atoms with E-state index in [1.807, 2.05) is 13.8 Å². The highest BCUT2D eigenvalue weighted by Crippen LogP contribution is 2.19. The van der Waals surface area contributed by atoms with Crippen molar-refractivity contribution >= 4 is 0 Å². The summed E-state index contributed by atoms with van der Waals surface area (Å²) in [5.41, 5.74) is 0.965. The Morgan fingerprint density at radius 3 is 2.88 bits per heavy atom. The molecule has 0 aliphatic heterocycles. The third kappa shape index (κ3) is 5.18. The first-order valence-electron chi connectivity index (χ1n) is 6.27. The SMILES string of the molecule is CCCCNCC(C)Oc1cc(F)ccc1C. The second-order valence-electron chi connectivity index (χ2n) is 4.40. The van der Waals surface area contributed by atoms with E-state index in [4.69, 9.17) is 4.74 Å². The summed E-state index contributed by atoms with van der Waals surface area (Å²) >= 11 is 0. The highest BCUT2D eigenvalue weighted by Gasteiger charge is 2.06. The summed E-state index contributed by atoms with van der Waals surface area (Å²) < 4.78 is 18.8. The molecule has 0 fully saturated rings. The zero-order chi connectivity index (χ0) is 12.7. The molecule has 0 aliphatic rings. The number of ether oxygens (including phenoxy) is 1. The summed E-state index contributed by atoms with van der Waals surface area (Å²) in [6.45, 7) is 7.87. The Bertz CT molecular complexity index is 341. The van der Waals surface area contributed by atoms with Gasteiger partial charge < -0.3 is 10.1 Å². The molecule has 0 radical (unpaired) electrons. The second kappa shape index (κ2) is 7.28. The molecule has 2 nitrogen and oxygen atoms in total. The standard InChI is InChI=1S/C14H22FNO/c1-4-5-8-16-10-12(3)17-14-9-13(15)7-6-11(14)2/h6-7,9,12,16H,4-5,8,10H2,1-3H3. The van der Waals surface area contributed by atoms with Crippen LogP contribution in [0.4, 0.5) is 4.39 Å². The number of rotatable bonds is 7. The predicted molar refractivity (Wildman–Crippen MR) is 69.0 cm³/mol. The van der Waals surface area contributed by atoms with Gasteiger partial charge in [0.15, 0.2) is 0 Å². The molecule has 3 heteroatoms. The molecule has 1 unspecified atom stereocenters. The van der Waals surface area contributed by atoms with E-state index in [9.17, 15) is 4.39 Å². The minimum absolute atomic E-state index is 0.0485. The minimum atomic E-state index is -0.253. The number of hydrogen-bond acceptors (Lipinski definition) is 2. The van der Waals surface area contributed by atoms with Crippen molar-refractivity contribution in [1.29, 1.82) is 0 Å². The number of hydrogen-bond donors (Lipinski definition) is 1. The highest BCUT2D eigenvalue weighted by molar-refractivity contribution is 5.32. The highest BCUT2D eigenvalue weighted by atomic mass is 19.1. The first-order valence-corrected chi connectivity index (χ1v) is 6.27. The summed E-state index contributed by atoms with van der Waals surface area (Å²) in [6, 6.07) is 4.63. The number of halogens is 1. The molecule has 0 saturated carbocycles. The molecule has 96 valence electrons. The van der Waals surface area contributed by atoms with Crippen LogP contribution in [-0.2, 0) is 0 Å². The van der Waals surface area contributed by atoms with Gasteiger partial charge in [0.2, 0.25) is 0 Å². The van der Waals surface area contributed by atoms with E-state index >= 15 is 0 Å². The number of unbranched alkanes of at least 4 members (excludes halogenated alkanes) is 1. The first-order chi connectivity index (χ1) is 8.13. The molecule has 0 aromatic heterocycles. The summed E-state index contributed by atoms with van der Waals surface area (Å²) in [5, 5.41) is 3.32. The lowest BCUT2D eigenvalue weighted by Crippen LogP contribution is -2.29. The van der Waals surface area contributed by atoms with Crippen LogP contribution in [0, 0.1) is 12.7 Å². The lowest BCUT2D eigenvalue weighted by Gasteiger charge is -2.17. The monoisotopic (exact) mass is 239 g/mol. The smallest absolute Gasteiger partial charge is 0.126 e. The van der Waals surface area contributed by atoms with Crippen LogP contribution >= 0.6 is 0 Å². The van der Waals surface area contributed by atoms with E-state index in [0.29, 0.717) is 5.75 Å². The molecule has 1 rings (SSSR count). The van der Waals surface area contributed by atoms with E-state index < -0.39 is 0 Å². The molecule has 0 amide bonds. The molecule has 1 aromatic rings. The van der Waals surface area contributed by atoms with Gasteiger partial charge in [0.05, 0.1) is 0 Å². The molecular weight excluding hydrogens is 217 g/mol. The Kier molecular flexibility index (Phi) is 5.98. The third-order valence-corrected chi connectivity index (χ3v) is 2.62. The van der Waals surface area contributed by atoms with Gasteiger partial charge in [-0.2, -0.15) is 0 Å². The van der Waals surface area contributed by atoms with Gasteiger partial charge in [0, 0.05) is 12.6 Å². The molecule has 0 spiro atoms. The lowest BCUT2D eigenvalue weighted by atomic mass is 10.2.